The molecule has 1 saturated heterocycles. The van der Waals surface area contributed by atoms with E-state index in [-0.39, 0.29) is 6.54 Å². The quantitative estimate of drug-likeness (QED) is 0.654. The van der Waals surface area contributed by atoms with E-state index in [0.717, 1.165) is 6.42 Å². The number of aliphatic carboxylic acids is 1. The van der Waals surface area contributed by atoms with E-state index in [0.29, 0.717) is 25.4 Å². The van der Waals surface area contributed by atoms with Gasteiger partial charge in [0.1, 0.15) is 6.04 Å². The Labute approximate surface area is 112 Å². The topological polar surface area (TPSA) is 98.7 Å². The van der Waals surface area contributed by atoms with E-state index in [1.807, 2.05) is 13.8 Å². The minimum atomic E-state index is -0.922. The first-order valence-corrected chi connectivity index (χ1v) is 6.44. The van der Waals surface area contributed by atoms with E-state index in [9.17, 15) is 14.4 Å². The van der Waals surface area contributed by atoms with Gasteiger partial charge in [0.2, 0.25) is 5.91 Å². The third kappa shape index (κ3) is 5.25. The zero-order valence-corrected chi connectivity index (χ0v) is 11.3. The summed E-state index contributed by atoms with van der Waals surface area (Å²) in [7, 11) is 0. The van der Waals surface area contributed by atoms with Crippen molar-refractivity contribution in [1.82, 2.24) is 15.5 Å². The SMILES string of the molecule is CC(C)CNC(=O)NC(=O)CN1CCCC1C(=O)O. The Morgan fingerprint density at radius 1 is 1.37 bits per heavy atom. The second-order valence-corrected chi connectivity index (χ2v) is 5.12. The van der Waals surface area contributed by atoms with Crippen molar-refractivity contribution in [3.8, 4) is 0 Å². The third-order valence-electron chi connectivity index (χ3n) is 2.92. The number of likely N-dealkylation sites (tertiary alicyclic amines) is 1. The lowest BCUT2D eigenvalue weighted by atomic mass is 10.2. The Bertz CT molecular complexity index is 357. The van der Waals surface area contributed by atoms with Crippen molar-refractivity contribution in [1.29, 1.82) is 0 Å². The zero-order chi connectivity index (χ0) is 14.4. The monoisotopic (exact) mass is 271 g/mol. The molecule has 19 heavy (non-hydrogen) atoms. The molecule has 0 aromatic carbocycles. The van der Waals surface area contributed by atoms with Gasteiger partial charge in [0.25, 0.3) is 0 Å². The third-order valence-corrected chi connectivity index (χ3v) is 2.92. The summed E-state index contributed by atoms with van der Waals surface area (Å²) in [6.45, 7) is 4.89. The maximum absolute atomic E-state index is 11.6. The van der Waals surface area contributed by atoms with Crippen LogP contribution in [-0.2, 0) is 9.59 Å². The summed E-state index contributed by atoms with van der Waals surface area (Å²) in [4.78, 5) is 35.5. The van der Waals surface area contributed by atoms with Gasteiger partial charge in [-0.15, -0.1) is 0 Å². The molecule has 0 aromatic rings. The number of urea groups is 1. The van der Waals surface area contributed by atoms with Crippen LogP contribution in [0.15, 0.2) is 0 Å². The minimum Gasteiger partial charge on any atom is -0.480 e. The van der Waals surface area contributed by atoms with Crippen LogP contribution in [0.4, 0.5) is 4.79 Å². The van der Waals surface area contributed by atoms with Gasteiger partial charge in [0.05, 0.1) is 6.54 Å². The van der Waals surface area contributed by atoms with E-state index in [1.165, 1.54) is 0 Å². The van der Waals surface area contributed by atoms with Crippen LogP contribution in [0.1, 0.15) is 26.7 Å². The van der Waals surface area contributed by atoms with Gasteiger partial charge in [0, 0.05) is 6.54 Å². The molecule has 108 valence electrons. The predicted molar refractivity (Wildman–Crippen MR) is 68.6 cm³/mol. The normalized spacial score (nSPS) is 19.4. The first-order valence-electron chi connectivity index (χ1n) is 6.44. The number of carboxylic acids is 1. The number of nitrogens with one attached hydrogen (secondary N) is 2. The number of carboxylic acid groups (broad SMARTS) is 1. The molecule has 0 radical (unpaired) electrons. The van der Waals surface area contributed by atoms with Crippen molar-refractivity contribution >= 4 is 17.9 Å². The van der Waals surface area contributed by atoms with E-state index in [1.54, 1.807) is 4.90 Å². The van der Waals surface area contributed by atoms with Crippen LogP contribution in [0.5, 0.6) is 0 Å². The summed E-state index contributed by atoms with van der Waals surface area (Å²) in [5.74, 6) is -1.10. The van der Waals surface area contributed by atoms with Crippen molar-refractivity contribution in [3.63, 3.8) is 0 Å². The average molecular weight is 271 g/mol. The molecule has 7 heteroatoms. The predicted octanol–water partition coefficient (Wildman–Crippen LogP) is 0.0172. The molecular formula is C12H21N3O4. The summed E-state index contributed by atoms with van der Waals surface area (Å²) in [6.07, 6.45) is 1.30. The molecule has 1 heterocycles. The van der Waals surface area contributed by atoms with Gasteiger partial charge >= 0.3 is 12.0 Å². The van der Waals surface area contributed by atoms with Gasteiger partial charge in [-0.1, -0.05) is 13.8 Å². The highest BCUT2D eigenvalue weighted by molar-refractivity contribution is 5.95. The molecule has 1 atom stereocenters. The van der Waals surface area contributed by atoms with Gasteiger partial charge in [-0.25, -0.2) is 4.79 Å². The number of amides is 3. The lowest BCUT2D eigenvalue weighted by Crippen LogP contribution is -2.47. The lowest BCUT2D eigenvalue weighted by molar-refractivity contribution is -0.142. The number of carbonyl (C=O) groups excluding carboxylic acids is 2. The Balaban J connectivity index is 2.34. The van der Waals surface area contributed by atoms with Crippen LogP contribution in [0.2, 0.25) is 0 Å². The van der Waals surface area contributed by atoms with Gasteiger partial charge in [-0.2, -0.15) is 0 Å². The number of hydrogen-bond acceptors (Lipinski definition) is 4. The highest BCUT2D eigenvalue weighted by atomic mass is 16.4. The average Bonchev–Trinajstić information content (AvgIpc) is 2.74. The molecule has 1 fully saturated rings. The number of hydrogen-bond donors (Lipinski definition) is 3. The summed E-state index contributed by atoms with van der Waals surface area (Å²) >= 11 is 0. The fourth-order valence-corrected chi connectivity index (χ4v) is 1.99. The van der Waals surface area contributed by atoms with Crippen molar-refractivity contribution < 1.29 is 19.5 Å². The number of imide groups is 1. The Hall–Kier alpha value is -1.63. The maximum Gasteiger partial charge on any atom is 0.321 e. The van der Waals surface area contributed by atoms with Gasteiger partial charge in [-0.05, 0) is 25.3 Å². The van der Waals surface area contributed by atoms with Crippen molar-refractivity contribution in [2.24, 2.45) is 5.92 Å². The standard InChI is InChI=1S/C12H21N3O4/c1-8(2)6-13-12(19)14-10(16)7-15-5-3-4-9(15)11(17)18/h8-9H,3-7H2,1-2H3,(H,17,18)(H2,13,14,16,19). The molecular weight excluding hydrogens is 250 g/mol. The van der Waals surface area contributed by atoms with Crippen LogP contribution in [0.25, 0.3) is 0 Å². The molecule has 0 bridgehead atoms. The van der Waals surface area contributed by atoms with Crippen LogP contribution in [0.3, 0.4) is 0 Å². The van der Waals surface area contributed by atoms with Gasteiger partial charge < -0.3 is 10.4 Å². The summed E-state index contributed by atoms with van der Waals surface area (Å²) < 4.78 is 0. The lowest BCUT2D eigenvalue weighted by Gasteiger charge is -2.20. The van der Waals surface area contributed by atoms with E-state index >= 15 is 0 Å². The van der Waals surface area contributed by atoms with Crippen LogP contribution in [-0.4, -0.2) is 53.6 Å². The first-order chi connectivity index (χ1) is 8.90. The first kappa shape index (κ1) is 15.4. The molecule has 0 spiro atoms. The van der Waals surface area contributed by atoms with Crippen LogP contribution in [0, 0.1) is 5.92 Å². The smallest absolute Gasteiger partial charge is 0.321 e. The Morgan fingerprint density at radius 3 is 2.63 bits per heavy atom. The van der Waals surface area contributed by atoms with Gasteiger partial charge in [0.15, 0.2) is 0 Å². The van der Waals surface area contributed by atoms with E-state index < -0.39 is 23.9 Å². The molecule has 3 amide bonds. The number of carbonyl (C=O) groups is 3. The fraction of sp³-hybridized carbons (Fsp3) is 0.750. The number of nitrogens with zero attached hydrogens (tertiary/aromatic N) is 1. The molecule has 1 aliphatic heterocycles. The molecule has 0 aliphatic carbocycles. The summed E-state index contributed by atoms with van der Waals surface area (Å²) in [5.41, 5.74) is 0. The molecule has 3 N–H and O–H groups in total. The molecule has 1 aliphatic rings. The molecule has 1 unspecified atom stereocenters. The Kier molecular flexibility index (Phi) is 5.75. The van der Waals surface area contributed by atoms with E-state index in [4.69, 9.17) is 5.11 Å². The summed E-state index contributed by atoms with van der Waals surface area (Å²) in [5, 5.41) is 13.7. The highest BCUT2D eigenvalue weighted by Gasteiger charge is 2.31. The van der Waals surface area contributed by atoms with Crippen molar-refractivity contribution in [3.05, 3.63) is 0 Å². The second-order valence-electron chi connectivity index (χ2n) is 5.12. The summed E-state index contributed by atoms with van der Waals surface area (Å²) in [6, 6.07) is -1.16. The largest absolute Gasteiger partial charge is 0.480 e. The molecule has 1 rings (SSSR count). The van der Waals surface area contributed by atoms with E-state index in [2.05, 4.69) is 10.6 Å². The minimum absolute atomic E-state index is 0.0634. The number of rotatable bonds is 5. The molecule has 0 saturated carbocycles. The second kappa shape index (κ2) is 7.08. The highest BCUT2D eigenvalue weighted by Crippen LogP contribution is 2.16. The molecule has 7 nitrogen and oxygen atoms in total. The fourth-order valence-electron chi connectivity index (χ4n) is 1.99. The van der Waals surface area contributed by atoms with Crippen molar-refractivity contribution in [2.45, 2.75) is 32.7 Å². The zero-order valence-electron chi connectivity index (χ0n) is 11.3. The Morgan fingerprint density at radius 2 is 2.05 bits per heavy atom. The van der Waals surface area contributed by atoms with Crippen LogP contribution >= 0.6 is 0 Å². The molecule has 0 aromatic heterocycles. The van der Waals surface area contributed by atoms with Gasteiger partial charge in [-0.3, -0.25) is 19.8 Å². The van der Waals surface area contributed by atoms with Crippen LogP contribution < -0.4 is 10.6 Å². The maximum atomic E-state index is 11.6. The van der Waals surface area contributed by atoms with Crippen molar-refractivity contribution in [2.75, 3.05) is 19.6 Å².